The van der Waals surface area contributed by atoms with Gasteiger partial charge in [0.2, 0.25) is 5.72 Å². The summed E-state index contributed by atoms with van der Waals surface area (Å²) in [4.78, 5) is 25.4. The maximum absolute atomic E-state index is 11.9. The number of nitrogens with zero attached hydrogens (tertiary/aromatic N) is 1. The zero-order valence-electron chi connectivity index (χ0n) is 10.2. The Bertz CT molecular complexity index is 622. The molecule has 0 spiro atoms. The summed E-state index contributed by atoms with van der Waals surface area (Å²) < 4.78 is 12.1. The van der Waals surface area contributed by atoms with Crippen molar-refractivity contribution < 1.29 is 19.7 Å². The third kappa shape index (κ3) is 1.54. The lowest BCUT2D eigenvalue weighted by Crippen LogP contribution is -2.63. The van der Waals surface area contributed by atoms with E-state index in [0.717, 1.165) is 0 Å². The molecule has 0 aromatic carbocycles. The van der Waals surface area contributed by atoms with Gasteiger partial charge in [0.25, 0.3) is 5.56 Å². The van der Waals surface area contributed by atoms with Crippen LogP contribution in [0.5, 0.6) is 0 Å². The van der Waals surface area contributed by atoms with Gasteiger partial charge in [-0.3, -0.25) is 14.3 Å². The van der Waals surface area contributed by atoms with Crippen LogP contribution in [0.4, 0.5) is 0 Å². The SMILES string of the molecule is Cc1cn([C@@]23CO[C@@H]2[C@H](O)[C@@H](CO)O3)c(=O)[nH]c1=O. The highest BCUT2D eigenvalue weighted by Crippen LogP contribution is 2.44. The van der Waals surface area contributed by atoms with Crippen molar-refractivity contribution in [3.63, 3.8) is 0 Å². The van der Waals surface area contributed by atoms with E-state index in [1.54, 1.807) is 6.92 Å². The number of hydrogen-bond acceptors (Lipinski definition) is 6. The summed E-state index contributed by atoms with van der Waals surface area (Å²) >= 11 is 0. The highest BCUT2D eigenvalue weighted by molar-refractivity contribution is 5.10. The molecular formula is C11H14N2O6. The van der Waals surface area contributed by atoms with Crippen LogP contribution < -0.4 is 11.2 Å². The number of rotatable bonds is 2. The molecule has 8 nitrogen and oxygen atoms in total. The molecule has 3 heterocycles. The van der Waals surface area contributed by atoms with Gasteiger partial charge in [0.05, 0.1) is 13.2 Å². The molecule has 2 aliphatic rings. The maximum atomic E-state index is 11.9. The first-order valence-electron chi connectivity index (χ1n) is 5.91. The van der Waals surface area contributed by atoms with Crippen molar-refractivity contribution in [3.8, 4) is 0 Å². The van der Waals surface area contributed by atoms with Crippen molar-refractivity contribution in [1.82, 2.24) is 9.55 Å². The first-order chi connectivity index (χ1) is 8.99. The Balaban J connectivity index is 2.10. The van der Waals surface area contributed by atoms with E-state index in [0.29, 0.717) is 5.56 Å². The zero-order chi connectivity index (χ0) is 13.8. The van der Waals surface area contributed by atoms with Crippen LogP contribution in [0, 0.1) is 6.92 Å². The van der Waals surface area contributed by atoms with Crippen molar-refractivity contribution in [3.05, 3.63) is 32.6 Å². The third-order valence-electron chi connectivity index (χ3n) is 3.67. The molecule has 3 N–H and O–H groups in total. The molecule has 0 bridgehead atoms. The van der Waals surface area contributed by atoms with Crippen molar-refractivity contribution in [2.75, 3.05) is 13.2 Å². The molecule has 2 fully saturated rings. The van der Waals surface area contributed by atoms with Crippen LogP contribution in [-0.4, -0.2) is 51.3 Å². The number of aromatic nitrogens is 2. The van der Waals surface area contributed by atoms with Gasteiger partial charge in [0.15, 0.2) is 0 Å². The van der Waals surface area contributed by atoms with Crippen LogP contribution in [0.2, 0.25) is 0 Å². The molecule has 2 saturated heterocycles. The second-order valence-corrected chi connectivity index (χ2v) is 4.85. The van der Waals surface area contributed by atoms with Crippen LogP contribution in [0.15, 0.2) is 15.8 Å². The molecule has 104 valence electrons. The Labute approximate surface area is 107 Å². The molecule has 19 heavy (non-hydrogen) atoms. The quantitative estimate of drug-likeness (QED) is 0.554. The van der Waals surface area contributed by atoms with Crippen LogP contribution in [0.25, 0.3) is 0 Å². The molecule has 1 aromatic heterocycles. The van der Waals surface area contributed by atoms with Gasteiger partial charge in [0.1, 0.15) is 18.3 Å². The van der Waals surface area contributed by atoms with Crippen LogP contribution >= 0.6 is 0 Å². The van der Waals surface area contributed by atoms with E-state index in [1.807, 2.05) is 0 Å². The van der Waals surface area contributed by atoms with Crippen LogP contribution in [0.3, 0.4) is 0 Å². The summed E-state index contributed by atoms with van der Waals surface area (Å²) in [6, 6.07) is 0. The van der Waals surface area contributed by atoms with Crippen LogP contribution in [-0.2, 0) is 15.2 Å². The van der Waals surface area contributed by atoms with Crippen molar-refractivity contribution >= 4 is 0 Å². The lowest BCUT2D eigenvalue weighted by Gasteiger charge is -2.44. The first-order valence-corrected chi connectivity index (χ1v) is 5.91. The Morgan fingerprint density at radius 1 is 1.58 bits per heavy atom. The molecule has 1 aromatic rings. The number of aromatic amines is 1. The summed E-state index contributed by atoms with van der Waals surface area (Å²) in [6.07, 6.45) is -1.18. The molecule has 0 radical (unpaired) electrons. The van der Waals surface area contributed by atoms with E-state index in [4.69, 9.17) is 14.6 Å². The minimum atomic E-state index is -1.15. The van der Waals surface area contributed by atoms with E-state index >= 15 is 0 Å². The fourth-order valence-electron chi connectivity index (χ4n) is 2.57. The highest BCUT2D eigenvalue weighted by Gasteiger charge is 2.63. The van der Waals surface area contributed by atoms with E-state index in [9.17, 15) is 14.7 Å². The average molecular weight is 270 g/mol. The van der Waals surface area contributed by atoms with Crippen molar-refractivity contribution in [1.29, 1.82) is 0 Å². The average Bonchev–Trinajstić information content (AvgIpc) is 2.52. The van der Waals surface area contributed by atoms with Gasteiger partial charge in [-0.2, -0.15) is 0 Å². The summed E-state index contributed by atoms with van der Waals surface area (Å²) in [7, 11) is 0. The molecule has 3 rings (SSSR count). The molecule has 0 saturated carbocycles. The number of fused-ring (bicyclic) bond motifs is 1. The van der Waals surface area contributed by atoms with Gasteiger partial charge in [0, 0.05) is 11.8 Å². The monoisotopic (exact) mass is 270 g/mol. The summed E-state index contributed by atoms with van der Waals surface area (Å²) in [5.74, 6) is 0. The Morgan fingerprint density at radius 3 is 2.89 bits per heavy atom. The van der Waals surface area contributed by atoms with Gasteiger partial charge >= 0.3 is 5.69 Å². The summed E-state index contributed by atoms with van der Waals surface area (Å²) in [6.45, 7) is 1.27. The number of hydrogen-bond donors (Lipinski definition) is 3. The molecule has 0 unspecified atom stereocenters. The number of aryl methyl sites for hydroxylation is 1. The predicted molar refractivity (Wildman–Crippen MR) is 61.7 cm³/mol. The normalized spacial score (nSPS) is 36.9. The van der Waals surface area contributed by atoms with Gasteiger partial charge in [-0.1, -0.05) is 0 Å². The van der Waals surface area contributed by atoms with E-state index in [2.05, 4.69) is 4.98 Å². The lowest BCUT2D eigenvalue weighted by molar-refractivity contribution is -0.278. The summed E-state index contributed by atoms with van der Waals surface area (Å²) in [5.41, 5.74) is -1.90. The predicted octanol–water partition coefficient (Wildman–Crippen LogP) is -2.35. The van der Waals surface area contributed by atoms with Gasteiger partial charge in [-0.15, -0.1) is 0 Å². The highest BCUT2D eigenvalue weighted by atomic mass is 16.7. The maximum Gasteiger partial charge on any atom is 0.330 e. The fourth-order valence-corrected chi connectivity index (χ4v) is 2.57. The van der Waals surface area contributed by atoms with Crippen LogP contribution in [0.1, 0.15) is 5.56 Å². The third-order valence-corrected chi connectivity index (χ3v) is 3.67. The molecule has 2 aliphatic heterocycles. The van der Waals surface area contributed by atoms with E-state index in [-0.39, 0.29) is 13.2 Å². The zero-order valence-corrected chi connectivity index (χ0v) is 10.2. The molecule has 4 atom stereocenters. The molecule has 0 aliphatic carbocycles. The number of nitrogens with one attached hydrogen (secondary N) is 1. The Hall–Kier alpha value is -1.48. The minimum absolute atomic E-state index is 0.0800. The lowest BCUT2D eigenvalue weighted by atomic mass is 9.97. The summed E-state index contributed by atoms with van der Waals surface area (Å²) in [5, 5.41) is 19.1. The molecule has 0 amide bonds. The fraction of sp³-hybridized carbons (Fsp3) is 0.636. The Kier molecular flexibility index (Phi) is 2.65. The van der Waals surface area contributed by atoms with Gasteiger partial charge in [-0.05, 0) is 6.92 Å². The largest absolute Gasteiger partial charge is 0.394 e. The number of H-pyrrole nitrogens is 1. The number of aliphatic hydroxyl groups is 2. The van der Waals surface area contributed by atoms with Crippen molar-refractivity contribution in [2.24, 2.45) is 0 Å². The van der Waals surface area contributed by atoms with Gasteiger partial charge < -0.3 is 19.7 Å². The van der Waals surface area contributed by atoms with E-state index < -0.39 is 35.3 Å². The minimum Gasteiger partial charge on any atom is -0.394 e. The number of aliphatic hydroxyl groups excluding tert-OH is 2. The molecule has 8 heteroatoms. The topological polar surface area (TPSA) is 114 Å². The molecular weight excluding hydrogens is 256 g/mol. The Morgan fingerprint density at radius 2 is 2.32 bits per heavy atom. The second-order valence-electron chi connectivity index (χ2n) is 4.85. The first kappa shape index (κ1) is 12.5. The second kappa shape index (κ2) is 4.01. The van der Waals surface area contributed by atoms with Crippen molar-refractivity contribution in [2.45, 2.75) is 31.0 Å². The smallest absolute Gasteiger partial charge is 0.330 e. The van der Waals surface area contributed by atoms with E-state index in [1.165, 1.54) is 10.8 Å². The number of ether oxygens (including phenoxy) is 2. The van der Waals surface area contributed by atoms with Gasteiger partial charge in [-0.25, -0.2) is 4.79 Å². The standard InChI is InChI=1S/C11H14N2O6/c1-5-2-13(10(17)12-9(5)16)11-4-18-8(11)7(15)6(3-14)19-11/h2,6-8,14-15H,3-4H2,1H3,(H,12,16,17)/t6-,7-,8-,11-/m1/s1.